The SMILES string of the molecule is CCC1O[C@H]1C. The highest BCUT2D eigenvalue weighted by molar-refractivity contribution is 4.77. The Kier molecular flexibility index (Phi) is 0.845. The molecule has 0 radical (unpaired) electrons. The highest BCUT2D eigenvalue weighted by Crippen LogP contribution is 2.22. The van der Waals surface area contributed by atoms with Gasteiger partial charge < -0.3 is 4.74 Å². The molecule has 6 heavy (non-hydrogen) atoms. The van der Waals surface area contributed by atoms with Gasteiger partial charge >= 0.3 is 0 Å². The van der Waals surface area contributed by atoms with Crippen molar-refractivity contribution in [3.63, 3.8) is 0 Å². The molecule has 36 valence electrons. The van der Waals surface area contributed by atoms with Crippen LogP contribution in [-0.2, 0) is 4.74 Å². The van der Waals surface area contributed by atoms with E-state index in [4.69, 9.17) is 4.74 Å². The number of hydrogen-bond donors (Lipinski definition) is 0. The van der Waals surface area contributed by atoms with Crippen molar-refractivity contribution >= 4 is 0 Å². The molecule has 1 nitrogen and oxygen atoms in total. The van der Waals surface area contributed by atoms with E-state index in [0.29, 0.717) is 12.2 Å². The van der Waals surface area contributed by atoms with Crippen LogP contribution in [0, 0.1) is 0 Å². The van der Waals surface area contributed by atoms with Gasteiger partial charge in [-0.05, 0) is 13.3 Å². The molecule has 0 aliphatic carbocycles. The Bertz CT molecular complexity index is 49.9. The average molecular weight is 86.1 g/mol. The van der Waals surface area contributed by atoms with Gasteiger partial charge in [0.2, 0.25) is 0 Å². The molecule has 0 aromatic rings. The van der Waals surface area contributed by atoms with E-state index in [-0.39, 0.29) is 0 Å². The Morgan fingerprint density at radius 2 is 2.17 bits per heavy atom. The highest BCUT2D eigenvalue weighted by atomic mass is 16.6. The van der Waals surface area contributed by atoms with E-state index in [1.807, 2.05) is 0 Å². The van der Waals surface area contributed by atoms with Crippen LogP contribution in [0.3, 0.4) is 0 Å². The fraction of sp³-hybridized carbons (Fsp3) is 1.00. The number of rotatable bonds is 1. The van der Waals surface area contributed by atoms with E-state index in [9.17, 15) is 0 Å². The van der Waals surface area contributed by atoms with Crippen LogP contribution in [0.5, 0.6) is 0 Å². The molecule has 0 spiro atoms. The van der Waals surface area contributed by atoms with Crippen LogP contribution < -0.4 is 0 Å². The second-order valence-corrected chi connectivity index (χ2v) is 1.79. The van der Waals surface area contributed by atoms with Crippen molar-refractivity contribution in [2.45, 2.75) is 32.5 Å². The van der Waals surface area contributed by atoms with E-state index in [1.165, 1.54) is 6.42 Å². The molecule has 0 aromatic heterocycles. The fourth-order valence-electron chi connectivity index (χ4n) is 0.659. The first kappa shape index (κ1) is 4.13. The first-order valence-corrected chi connectivity index (χ1v) is 2.50. The monoisotopic (exact) mass is 86.1 g/mol. The van der Waals surface area contributed by atoms with Crippen LogP contribution in [-0.4, -0.2) is 12.2 Å². The van der Waals surface area contributed by atoms with Gasteiger partial charge in [-0.3, -0.25) is 0 Å². The Morgan fingerprint density at radius 3 is 2.17 bits per heavy atom. The topological polar surface area (TPSA) is 12.5 Å². The molecule has 1 fully saturated rings. The van der Waals surface area contributed by atoms with Gasteiger partial charge in [0.1, 0.15) is 0 Å². The zero-order valence-corrected chi connectivity index (χ0v) is 4.27. The fourth-order valence-corrected chi connectivity index (χ4v) is 0.659. The zero-order chi connectivity index (χ0) is 4.57. The maximum atomic E-state index is 5.07. The van der Waals surface area contributed by atoms with Crippen molar-refractivity contribution in [3.8, 4) is 0 Å². The molecule has 1 aliphatic heterocycles. The quantitative estimate of drug-likeness (QED) is 0.436. The third-order valence-corrected chi connectivity index (χ3v) is 1.24. The molecule has 1 rings (SSSR count). The minimum absolute atomic E-state index is 0.565. The van der Waals surface area contributed by atoms with Gasteiger partial charge in [0.15, 0.2) is 0 Å². The predicted octanol–water partition coefficient (Wildman–Crippen LogP) is 1.18. The first-order valence-electron chi connectivity index (χ1n) is 2.50. The maximum Gasteiger partial charge on any atom is 0.0836 e. The van der Waals surface area contributed by atoms with Crippen LogP contribution in [0.2, 0.25) is 0 Å². The van der Waals surface area contributed by atoms with Gasteiger partial charge in [-0.25, -0.2) is 0 Å². The van der Waals surface area contributed by atoms with Crippen molar-refractivity contribution in [2.24, 2.45) is 0 Å². The van der Waals surface area contributed by atoms with Gasteiger partial charge in [-0.2, -0.15) is 0 Å². The van der Waals surface area contributed by atoms with Gasteiger partial charge in [-0.15, -0.1) is 0 Å². The smallest absolute Gasteiger partial charge is 0.0836 e. The molecule has 1 heteroatoms. The summed E-state index contributed by atoms with van der Waals surface area (Å²) in [4.78, 5) is 0. The third-order valence-electron chi connectivity index (χ3n) is 1.24. The predicted molar refractivity (Wildman–Crippen MR) is 24.6 cm³/mol. The molecule has 1 aliphatic rings. The molecule has 1 saturated heterocycles. The van der Waals surface area contributed by atoms with E-state index in [0.717, 1.165) is 0 Å². The van der Waals surface area contributed by atoms with Crippen LogP contribution in [0.25, 0.3) is 0 Å². The van der Waals surface area contributed by atoms with Crippen LogP contribution >= 0.6 is 0 Å². The van der Waals surface area contributed by atoms with Gasteiger partial charge in [0.25, 0.3) is 0 Å². The second kappa shape index (κ2) is 1.23. The van der Waals surface area contributed by atoms with E-state index >= 15 is 0 Å². The molecule has 1 heterocycles. The van der Waals surface area contributed by atoms with Gasteiger partial charge in [0.05, 0.1) is 12.2 Å². The zero-order valence-electron chi connectivity index (χ0n) is 4.27. The van der Waals surface area contributed by atoms with E-state index in [2.05, 4.69) is 13.8 Å². The van der Waals surface area contributed by atoms with Gasteiger partial charge in [0, 0.05) is 0 Å². The normalized spacial score (nSPS) is 43.0. The minimum atomic E-state index is 0.565. The molecule has 0 saturated carbocycles. The molecule has 1 unspecified atom stereocenters. The van der Waals surface area contributed by atoms with Crippen molar-refractivity contribution in [1.82, 2.24) is 0 Å². The molecular weight excluding hydrogens is 76.1 g/mol. The number of ether oxygens (including phenoxy) is 1. The largest absolute Gasteiger partial charge is 0.370 e. The molecule has 0 amide bonds. The molecule has 0 bridgehead atoms. The Balaban J connectivity index is 2.09. The molecule has 2 atom stereocenters. The summed E-state index contributed by atoms with van der Waals surface area (Å²) in [6, 6.07) is 0. The molecular formula is C5H10O. The lowest BCUT2D eigenvalue weighted by molar-refractivity contribution is 0.375. The minimum Gasteiger partial charge on any atom is -0.370 e. The lowest BCUT2D eigenvalue weighted by Gasteiger charge is -1.72. The van der Waals surface area contributed by atoms with Crippen LogP contribution in [0.1, 0.15) is 20.3 Å². The lowest BCUT2D eigenvalue weighted by atomic mass is 10.3. The highest BCUT2D eigenvalue weighted by Gasteiger charge is 2.31. The van der Waals surface area contributed by atoms with E-state index in [1.54, 1.807) is 0 Å². The van der Waals surface area contributed by atoms with Crippen molar-refractivity contribution < 1.29 is 4.74 Å². The molecule has 0 N–H and O–H groups in total. The maximum absolute atomic E-state index is 5.07. The summed E-state index contributed by atoms with van der Waals surface area (Å²) in [7, 11) is 0. The first-order chi connectivity index (χ1) is 2.84. The Hall–Kier alpha value is -0.0400. The van der Waals surface area contributed by atoms with Crippen LogP contribution in [0.15, 0.2) is 0 Å². The summed E-state index contributed by atoms with van der Waals surface area (Å²) < 4.78 is 5.07. The van der Waals surface area contributed by atoms with E-state index < -0.39 is 0 Å². The summed E-state index contributed by atoms with van der Waals surface area (Å²) in [6.07, 6.45) is 2.35. The number of epoxide rings is 1. The molecule has 0 aromatic carbocycles. The Morgan fingerprint density at radius 1 is 1.67 bits per heavy atom. The third kappa shape index (κ3) is 0.548. The van der Waals surface area contributed by atoms with Gasteiger partial charge in [-0.1, -0.05) is 6.92 Å². The summed E-state index contributed by atoms with van der Waals surface area (Å²) in [6.45, 7) is 4.25. The van der Waals surface area contributed by atoms with Crippen molar-refractivity contribution in [2.75, 3.05) is 0 Å². The van der Waals surface area contributed by atoms with Crippen LogP contribution in [0.4, 0.5) is 0 Å². The summed E-state index contributed by atoms with van der Waals surface area (Å²) in [5, 5.41) is 0. The summed E-state index contributed by atoms with van der Waals surface area (Å²) in [5.41, 5.74) is 0. The summed E-state index contributed by atoms with van der Waals surface area (Å²) in [5.74, 6) is 0. The van der Waals surface area contributed by atoms with Crippen molar-refractivity contribution in [1.29, 1.82) is 0 Å². The summed E-state index contributed by atoms with van der Waals surface area (Å²) >= 11 is 0. The second-order valence-electron chi connectivity index (χ2n) is 1.79. The lowest BCUT2D eigenvalue weighted by Crippen LogP contribution is -1.81. The Labute approximate surface area is 38.3 Å². The standard InChI is InChI=1S/C5H10O/c1-3-5-4(2)6-5/h4-5H,3H2,1-2H3/t4-,5?/m0/s1. The van der Waals surface area contributed by atoms with Crippen molar-refractivity contribution in [3.05, 3.63) is 0 Å². The number of hydrogen-bond acceptors (Lipinski definition) is 1. The average Bonchev–Trinajstić information content (AvgIpc) is 2.19.